The van der Waals surface area contributed by atoms with E-state index in [1.807, 2.05) is 14.1 Å². The number of amides is 3. The minimum atomic E-state index is -0.874. The number of hydrogen-bond acceptors (Lipinski definition) is 4. The molecule has 0 radical (unpaired) electrons. The molecule has 0 aromatic carbocycles. The third-order valence-corrected chi connectivity index (χ3v) is 2.62. The summed E-state index contributed by atoms with van der Waals surface area (Å²) in [6, 6.07) is -0.488. The van der Waals surface area contributed by atoms with Gasteiger partial charge in [0, 0.05) is 19.4 Å². The van der Waals surface area contributed by atoms with Crippen molar-refractivity contribution in [3.8, 4) is 0 Å². The van der Waals surface area contributed by atoms with Gasteiger partial charge in [-0.3, -0.25) is 14.9 Å². The molecule has 20 heavy (non-hydrogen) atoms. The first-order valence-electron chi connectivity index (χ1n) is 6.86. The molecule has 7 nitrogen and oxygen atoms in total. The van der Waals surface area contributed by atoms with Crippen molar-refractivity contribution in [2.45, 2.75) is 38.5 Å². The standard InChI is InChI=1S/C13H25N3O4/c1-16(2)10-6-5-9-14-13(20)15-11(17)7-3-4-8-12(18)19/h3-10H2,1-2H3,(H,18,19)(H2,14,15,17,20). The van der Waals surface area contributed by atoms with E-state index in [4.69, 9.17) is 5.11 Å². The van der Waals surface area contributed by atoms with Crippen LogP contribution in [-0.2, 0) is 9.59 Å². The Balaban J connectivity index is 3.50. The summed E-state index contributed by atoms with van der Waals surface area (Å²) in [7, 11) is 3.98. The fourth-order valence-electron chi connectivity index (χ4n) is 1.55. The summed E-state index contributed by atoms with van der Waals surface area (Å²) in [5, 5.41) is 13.3. The van der Waals surface area contributed by atoms with E-state index in [-0.39, 0.29) is 18.7 Å². The maximum Gasteiger partial charge on any atom is 0.321 e. The highest BCUT2D eigenvalue weighted by molar-refractivity contribution is 5.94. The molecule has 0 spiro atoms. The zero-order valence-corrected chi connectivity index (χ0v) is 12.3. The highest BCUT2D eigenvalue weighted by Gasteiger charge is 2.07. The molecule has 0 bridgehead atoms. The predicted molar refractivity (Wildman–Crippen MR) is 75.4 cm³/mol. The van der Waals surface area contributed by atoms with Gasteiger partial charge in [0.15, 0.2) is 0 Å². The van der Waals surface area contributed by atoms with Crippen molar-refractivity contribution >= 4 is 17.9 Å². The number of carbonyl (C=O) groups excluding carboxylic acids is 2. The van der Waals surface area contributed by atoms with Gasteiger partial charge in [0.25, 0.3) is 0 Å². The second kappa shape index (κ2) is 11.2. The van der Waals surface area contributed by atoms with Crippen LogP contribution in [0, 0.1) is 0 Å². The molecule has 0 saturated carbocycles. The summed E-state index contributed by atoms with van der Waals surface area (Å²) in [6.45, 7) is 1.50. The molecule has 0 aliphatic carbocycles. The fourth-order valence-corrected chi connectivity index (χ4v) is 1.55. The summed E-state index contributed by atoms with van der Waals surface area (Å²) in [4.78, 5) is 35.0. The van der Waals surface area contributed by atoms with Crippen molar-refractivity contribution in [2.75, 3.05) is 27.2 Å². The molecule has 0 saturated heterocycles. The van der Waals surface area contributed by atoms with Crippen molar-refractivity contribution in [1.29, 1.82) is 0 Å². The predicted octanol–water partition coefficient (Wildman–Crippen LogP) is 0.799. The Kier molecular flexibility index (Phi) is 10.3. The molecule has 0 fully saturated rings. The monoisotopic (exact) mass is 287 g/mol. The molecule has 7 heteroatoms. The lowest BCUT2D eigenvalue weighted by Gasteiger charge is -2.09. The summed E-state index contributed by atoms with van der Waals surface area (Å²) < 4.78 is 0. The molecule has 0 aromatic heterocycles. The zero-order valence-electron chi connectivity index (χ0n) is 12.3. The summed E-state index contributed by atoms with van der Waals surface area (Å²) in [5.74, 6) is -1.25. The lowest BCUT2D eigenvalue weighted by Crippen LogP contribution is -2.39. The van der Waals surface area contributed by atoms with Gasteiger partial charge in [0.1, 0.15) is 0 Å². The van der Waals surface area contributed by atoms with Crippen LogP contribution in [-0.4, -0.2) is 55.1 Å². The quantitative estimate of drug-likeness (QED) is 0.516. The first kappa shape index (κ1) is 18.4. The zero-order chi connectivity index (χ0) is 15.4. The number of rotatable bonds is 10. The highest BCUT2D eigenvalue weighted by Crippen LogP contribution is 1.99. The van der Waals surface area contributed by atoms with Crippen molar-refractivity contribution in [3.05, 3.63) is 0 Å². The molecule has 0 aromatic rings. The lowest BCUT2D eigenvalue weighted by molar-refractivity contribution is -0.137. The maximum atomic E-state index is 11.4. The van der Waals surface area contributed by atoms with Crippen LogP contribution in [0.25, 0.3) is 0 Å². The van der Waals surface area contributed by atoms with E-state index in [1.54, 1.807) is 0 Å². The maximum absolute atomic E-state index is 11.4. The fraction of sp³-hybridized carbons (Fsp3) is 0.769. The van der Waals surface area contributed by atoms with Gasteiger partial charge < -0.3 is 15.3 Å². The van der Waals surface area contributed by atoms with Gasteiger partial charge in [-0.15, -0.1) is 0 Å². The minimum Gasteiger partial charge on any atom is -0.481 e. The average Bonchev–Trinajstić information content (AvgIpc) is 2.33. The van der Waals surface area contributed by atoms with Gasteiger partial charge >= 0.3 is 12.0 Å². The molecule has 0 rings (SSSR count). The Morgan fingerprint density at radius 2 is 1.65 bits per heavy atom. The number of aliphatic carboxylic acids is 1. The Morgan fingerprint density at radius 1 is 1.00 bits per heavy atom. The lowest BCUT2D eigenvalue weighted by atomic mass is 10.2. The van der Waals surface area contributed by atoms with Crippen molar-refractivity contribution in [1.82, 2.24) is 15.5 Å². The van der Waals surface area contributed by atoms with Crippen LogP contribution in [0.15, 0.2) is 0 Å². The Labute approximate surface area is 119 Å². The van der Waals surface area contributed by atoms with Crippen LogP contribution in [0.4, 0.5) is 4.79 Å². The molecular weight excluding hydrogens is 262 g/mol. The number of carbonyl (C=O) groups is 3. The van der Waals surface area contributed by atoms with Crippen LogP contribution in [0.1, 0.15) is 38.5 Å². The molecular formula is C13H25N3O4. The van der Waals surface area contributed by atoms with E-state index >= 15 is 0 Å². The van der Waals surface area contributed by atoms with Crippen LogP contribution < -0.4 is 10.6 Å². The third kappa shape index (κ3) is 12.8. The average molecular weight is 287 g/mol. The van der Waals surface area contributed by atoms with Crippen LogP contribution in [0.3, 0.4) is 0 Å². The van der Waals surface area contributed by atoms with Gasteiger partial charge in [-0.25, -0.2) is 4.79 Å². The van der Waals surface area contributed by atoms with Crippen molar-refractivity contribution in [2.24, 2.45) is 0 Å². The normalized spacial score (nSPS) is 10.3. The van der Waals surface area contributed by atoms with Crippen molar-refractivity contribution in [3.63, 3.8) is 0 Å². The van der Waals surface area contributed by atoms with Gasteiger partial charge in [0.05, 0.1) is 0 Å². The largest absolute Gasteiger partial charge is 0.481 e. The second-order valence-corrected chi connectivity index (χ2v) is 4.92. The second-order valence-electron chi connectivity index (χ2n) is 4.92. The molecule has 116 valence electrons. The van der Waals surface area contributed by atoms with Crippen LogP contribution in [0.2, 0.25) is 0 Å². The molecule has 0 unspecified atom stereocenters. The number of nitrogens with zero attached hydrogens (tertiary/aromatic N) is 1. The van der Waals surface area contributed by atoms with E-state index in [1.165, 1.54) is 0 Å². The number of carboxylic acid groups (broad SMARTS) is 1. The molecule has 0 atom stereocenters. The number of urea groups is 1. The summed E-state index contributed by atoms with van der Waals surface area (Å²) in [5.41, 5.74) is 0. The van der Waals surface area contributed by atoms with E-state index in [0.717, 1.165) is 19.4 Å². The number of unbranched alkanes of at least 4 members (excludes halogenated alkanes) is 2. The number of hydrogen-bond donors (Lipinski definition) is 3. The number of carboxylic acids is 1. The van der Waals surface area contributed by atoms with E-state index < -0.39 is 12.0 Å². The molecule has 3 N–H and O–H groups in total. The molecule has 0 aliphatic heterocycles. The Morgan fingerprint density at radius 3 is 2.25 bits per heavy atom. The van der Waals surface area contributed by atoms with E-state index in [9.17, 15) is 14.4 Å². The van der Waals surface area contributed by atoms with Crippen LogP contribution in [0.5, 0.6) is 0 Å². The highest BCUT2D eigenvalue weighted by atomic mass is 16.4. The van der Waals surface area contributed by atoms with Gasteiger partial charge in [-0.1, -0.05) is 0 Å². The molecule has 3 amide bonds. The third-order valence-electron chi connectivity index (χ3n) is 2.62. The first-order chi connectivity index (χ1) is 9.41. The van der Waals surface area contributed by atoms with Gasteiger partial charge in [-0.2, -0.15) is 0 Å². The smallest absolute Gasteiger partial charge is 0.321 e. The Bertz CT molecular complexity index is 319. The molecule has 0 heterocycles. The molecule has 0 aliphatic rings. The first-order valence-corrected chi connectivity index (χ1v) is 6.86. The Hall–Kier alpha value is -1.63. The van der Waals surface area contributed by atoms with Crippen molar-refractivity contribution < 1.29 is 19.5 Å². The van der Waals surface area contributed by atoms with Gasteiger partial charge in [0.2, 0.25) is 5.91 Å². The summed E-state index contributed by atoms with van der Waals surface area (Å²) >= 11 is 0. The van der Waals surface area contributed by atoms with Gasteiger partial charge in [-0.05, 0) is 46.3 Å². The minimum absolute atomic E-state index is 0.0470. The SMILES string of the molecule is CN(C)CCCCNC(=O)NC(=O)CCCCC(=O)O. The number of imide groups is 1. The van der Waals surface area contributed by atoms with E-state index in [2.05, 4.69) is 15.5 Å². The van der Waals surface area contributed by atoms with E-state index in [0.29, 0.717) is 19.4 Å². The topological polar surface area (TPSA) is 98.7 Å². The number of nitrogens with one attached hydrogen (secondary N) is 2. The van der Waals surface area contributed by atoms with Crippen LogP contribution >= 0.6 is 0 Å². The summed E-state index contributed by atoms with van der Waals surface area (Å²) in [6.07, 6.45) is 2.96.